The van der Waals surface area contributed by atoms with E-state index in [1.807, 2.05) is 0 Å². The predicted octanol–water partition coefficient (Wildman–Crippen LogP) is 0.771. The molecule has 0 N–H and O–H groups in total. The predicted molar refractivity (Wildman–Crippen MR) is 38.3 cm³/mol. The molecule has 0 heterocycles. The van der Waals surface area contributed by atoms with Crippen molar-refractivity contribution in [1.82, 2.24) is 4.90 Å². The zero-order valence-corrected chi connectivity index (χ0v) is 6.44. The van der Waals surface area contributed by atoms with Gasteiger partial charge >= 0.3 is 61.2 Å². The first-order chi connectivity index (χ1) is 3.66. The molecule has 0 aromatic carbocycles. The first-order valence-corrected chi connectivity index (χ1v) is 3.31. The minimum atomic E-state index is 0.852. The summed E-state index contributed by atoms with van der Waals surface area (Å²) in [6.07, 6.45) is 0. The van der Waals surface area contributed by atoms with Crippen molar-refractivity contribution >= 4 is 17.7 Å². The van der Waals surface area contributed by atoms with E-state index < -0.39 is 0 Å². The van der Waals surface area contributed by atoms with Crippen LogP contribution in [-0.4, -0.2) is 43.3 Å². The van der Waals surface area contributed by atoms with Crippen molar-refractivity contribution in [3.8, 4) is 0 Å². The van der Waals surface area contributed by atoms with Gasteiger partial charge in [0, 0.05) is 0 Å². The Morgan fingerprint density at radius 1 is 1.50 bits per heavy atom. The minimum absolute atomic E-state index is 0.852. The molecule has 0 fully saturated rings. The van der Waals surface area contributed by atoms with Crippen molar-refractivity contribution in [3.05, 3.63) is 0 Å². The fraction of sp³-hybridized carbons (Fsp3) is 1.00. The second kappa shape index (κ2) is 4.44. The Morgan fingerprint density at radius 2 is 2.00 bits per heavy atom. The molecule has 0 radical (unpaired) electrons. The molecule has 44 valence electrons. The van der Waals surface area contributed by atoms with E-state index in [1.165, 1.54) is 11.6 Å². The van der Waals surface area contributed by atoms with Crippen molar-refractivity contribution < 1.29 is 0 Å². The summed E-state index contributed by atoms with van der Waals surface area (Å²) in [7, 11) is 4.23. The quantitative estimate of drug-likeness (QED) is 0.481. The zero-order chi connectivity index (χ0) is 6.57. The maximum absolute atomic E-state index is 2.28. The van der Waals surface area contributed by atoms with Gasteiger partial charge in [-0.25, -0.2) is 0 Å². The van der Waals surface area contributed by atoms with Gasteiger partial charge in [-0.05, 0) is 0 Å². The van der Waals surface area contributed by atoms with Crippen LogP contribution in [0.15, 0.2) is 0 Å². The van der Waals surface area contributed by atoms with E-state index in [4.69, 9.17) is 0 Å². The molecule has 1 atom stereocenters. The third-order valence-electron chi connectivity index (χ3n) is 1.37. The third-order valence-corrected chi connectivity index (χ3v) is 1.37. The summed E-state index contributed by atoms with van der Waals surface area (Å²) in [5, 5.41) is 1.29. The van der Waals surface area contributed by atoms with E-state index in [1.54, 1.807) is 0 Å². The number of hydrogen-bond donors (Lipinski definition) is 0. The van der Waals surface area contributed by atoms with Crippen LogP contribution in [0, 0.1) is 5.92 Å². The molecule has 0 aliphatic rings. The van der Waals surface area contributed by atoms with Gasteiger partial charge in [0.1, 0.15) is 0 Å². The van der Waals surface area contributed by atoms with Crippen LogP contribution in [0.5, 0.6) is 0 Å². The third kappa shape index (κ3) is 4.71. The van der Waals surface area contributed by atoms with Crippen LogP contribution in [0.3, 0.4) is 0 Å². The van der Waals surface area contributed by atoms with Gasteiger partial charge in [0.15, 0.2) is 0 Å². The number of hydrogen-bond acceptors (Lipinski definition) is 1. The summed E-state index contributed by atoms with van der Waals surface area (Å²) >= 11 is 2.23. The van der Waals surface area contributed by atoms with E-state index in [-0.39, 0.29) is 0 Å². The van der Waals surface area contributed by atoms with Gasteiger partial charge in [0.25, 0.3) is 0 Å². The van der Waals surface area contributed by atoms with E-state index in [2.05, 4.69) is 43.6 Å². The van der Waals surface area contributed by atoms with E-state index in [0.717, 1.165) is 5.92 Å². The van der Waals surface area contributed by atoms with Crippen LogP contribution in [0.4, 0.5) is 0 Å². The summed E-state index contributed by atoms with van der Waals surface area (Å²) in [5.41, 5.74) is 0. The Morgan fingerprint density at radius 3 is 2.12 bits per heavy atom. The first kappa shape index (κ1) is 8.56. The van der Waals surface area contributed by atoms with Gasteiger partial charge < -0.3 is 0 Å². The summed E-state index contributed by atoms with van der Waals surface area (Å²) in [5.74, 6) is 0.852. The number of rotatable bonds is 3. The Hall–Kier alpha value is 0.557. The van der Waals surface area contributed by atoms with Crippen LogP contribution in [-0.2, 0) is 0 Å². The van der Waals surface area contributed by atoms with E-state index in [9.17, 15) is 0 Å². The molecule has 1 unspecified atom stereocenters. The molecule has 0 aliphatic heterocycles. The van der Waals surface area contributed by atoms with E-state index in [0.29, 0.717) is 0 Å². The van der Waals surface area contributed by atoms with Crippen LogP contribution < -0.4 is 0 Å². The van der Waals surface area contributed by atoms with E-state index >= 15 is 0 Å². The van der Waals surface area contributed by atoms with Gasteiger partial charge in [-0.15, -0.1) is 0 Å². The van der Waals surface area contributed by atoms with Gasteiger partial charge in [-0.2, -0.15) is 0 Å². The topological polar surface area (TPSA) is 3.24 Å². The van der Waals surface area contributed by atoms with Crippen molar-refractivity contribution in [1.29, 1.82) is 0 Å². The molecule has 0 aromatic rings. The monoisotopic (exact) mass is 107 g/mol. The van der Waals surface area contributed by atoms with Gasteiger partial charge in [0.05, 0.1) is 0 Å². The first-order valence-electron chi connectivity index (χ1n) is 3.31. The molecule has 1 nitrogen and oxygen atoms in total. The molecule has 2 heteroatoms. The molecule has 0 bridgehead atoms. The second-order valence-electron chi connectivity index (χ2n) is 2.78. The van der Waals surface area contributed by atoms with Gasteiger partial charge in [-0.3, -0.25) is 0 Å². The Kier molecular flexibility index (Phi) is 4.75. The molecule has 0 saturated heterocycles. The molecular weight excluding hydrogens is 93.0 g/mol. The summed E-state index contributed by atoms with van der Waals surface area (Å²) in [4.78, 5) is 2.23. The molecule has 0 saturated carbocycles. The second-order valence-corrected chi connectivity index (χ2v) is 2.78. The zero-order valence-electron chi connectivity index (χ0n) is 6.44. The van der Waals surface area contributed by atoms with Crippen molar-refractivity contribution in [3.63, 3.8) is 0 Å². The SMILES string of the molecule is [Li][CH2]C(C)CN(C)C. The molecule has 0 spiro atoms. The summed E-state index contributed by atoms with van der Waals surface area (Å²) < 4.78 is 0. The molecule has 8 heavy (non-hydrogen) atoms. The standard InChI is InChI=1S/C6H14N.Li/c1-6(2)5-7(3)4;/h6H,1,5H2,2-4H3;. The molecule has 0 aromatic heterocycles. The fourth-order valence-corrected chi connectivity index (χ4v) is 0.752. The molecular formula is C6H14LiN. The van der Waals surface area contributed by atoms with Crippen LogP contribution in [0.25, 0.3) is 0 Å². The van der Waals surface area contributed by atoms with Crippen molar-refractivity contribution in [2.45, 2.75) is 12.0 Å². The van der Waals surface area contributed by atoms with Crippen LogP contribution in [0.2, 0.25) is 5.09 Å². The van der Waals surface area contributed by atoms with Crippen molar-refractivity contribution in [2.75, 3.05) is 20.6 Å². The van der Waals surface area contributed by atoms with Gasteiger partial charge in [0.2, 0.25) is 0 Å². The Bertz CT molecular complexity index is 54.5. The maximum atomic E-state index is 2.28. The summed E-state index contributed by atoms with van der Waals surface area (Å²) in [6, 6.07) is 0. The normalized spacial score (nSPS) is 14.8. The Labute approximate surface area is 61.6 Å². The number of nitrogens with zero attached hydrogens (tertiary/aromatic N) is 1. The fourth-order valence-electron chi connectivity index (χ4n) is 0.752. The van der Waals surface area contributed by atoms with Crippen LogP contribution in [0.1, 0.15) is 6.92 Å². The Balaban J connectivity index is 3.10. The average Bonchev–Trinajstić information content (AvgIpc) is 1.65. The van der Waals surface area contributed by atoms with Crippen molar-refractivity contribution in [2.24, 2.45) is 5.92 Å². The molecule has 0 aliphatic carbocycles. The average molecular weight is 107 g/mol. The van der Waals surface area contributed by atoms with Gasteiger partial charge in [-0.1, -0.05) is 0 Å². The molecule has 0 amide bonds. The molecule has 0 rings (SSSR count). The van der Waals surface area contributed by atoms with Crippen LogP contribution >= 0.6 is 0 Å². The summed E-state index contributed by atoms with van der Waals surface area (Å²) in [6.45, 7) is 3.50.